The molecule has 12 N–H and O–H groups in total. The quantitative estimate of drug-likeness (QED) is 0.0289. The number of carbonyl (C=O) groups excluding carboxylic acids is 9. The van der Waals surface area contributed by atoms with Gasteiger partial charge in [0.05, 0.1) is 19.4 Å². The lowest BCUT2D eigenvalue weighted by Crippen LogP contribution is -2.59. The summed E-state index contributed by atoms with van der Waals surface area (Å²) in [5.74, 6) is -11.1. The number of carboxylic acid groups (broad SMARTS) is 2. The number of hydrogen-bond acceptors (Lipinski definition) is 13. The van der Waals surface area contributed by atoms with Crippen LogP contribution in [0.15, 0.2) is 0 Å². The fourth-order valence-electron chi connectivity index (χ4n) is 7.75. The van der Waals surface area contributed by atoms with Crippen molar-refractivity contribution in [2.45, 2.75) is 205 Å². The highest BCUT2D eigenvalue weighted by Gasteiger charge is 2.44. The molecule has 0 radical (unpaired) electrons. The Morgan fingerprint density at radius 1 is 0.606 bits per heavy atom. The normalized spacial score (nSPS) is 16.4. The highest BCUT2D eigenvalue weighted by Crippen LogP contribution is 2.20. The molecule has 71 heavy (non-hydrogen) atoms. The van der Waals surface area contributed by atoms with Crippen LogP contribution in [0.25, 0.3) is 0 Å². The molecule has 0 aromatic heterocycles. The van der Waals surface area contributed by atoms with Gasteiger partial charge >= 0.3 is 11.9 Å². The maximum atomic E-state index is 14.0. The molecule has 0 unspecified atom stereocenters. The van der Waals surface area contributed by atoms with Gasteiger partial charge in [0.25, 0.3) is 5.91 Å². The first-order valence-electron chi connectivity index (χ1n) is 24.9. The lowest BCUT2D eigenvalue weighted by molar-refractivity contribution is -0.180. The summed E-state index contributed by atoms with van der Waals surface area (Å²) in [4.78, 5) is 148. The van der Waals surface area contributed by atoms with E-state index in [0.717, 1.165) is 57.8 Å². The molecule has 0 bridgehead atoms. The Morgan fingerprint density at radius 2 is 1.04 bits per heavy atom. The lowest BCUT2D eigenvalue weighted by Gasteiger charge is -2.29. The zero-order chi connectivity index (χ0) is 53.6. The molecule has 1 fully saturated rings. The van der Waals surface area contributed by atoms with Crippen LogP contribution < -0.4 is 43.0 Å². The minimum Gasteiger partial charge on any atom is -0.481 e. The second-order valence-corrected chi connectivity index (χ2v) is 18.8. The molecule has 0 aromatic rings. The minimum absolute atomic E-state index is 0.00452. The Kier molecular flexibility index (Phi) is 30.6. The van der Waals surface area contributed by atoms with Crippen LogP contribution in [0.2, 0.25) is 0 Å². The van der Waals surface area contributed by atoms with E-state index >= 15 is 0 Å². The number of carboxylic acids is 2. The number of aliphatic hydroxyl groups is 1. The molecule has 1 heterocycles. The van der Waals surface area contributed by atoms with Crippen molar-refractivity contribution in [1.29, 1.82) is 0 Å². The third kappa shape index (κ3) is 24.7. The summed E-state index contributed by atoms with van der Waals surface area (Å²) in [5, 5.41) is 46.7. The van der Waals surface area contributed by atoms with Crippen LogP contribution in [0.5, 0.6) is 0 Å². The third-order valence-corrected chi connectivity index (χ3v) is 11.6. The van der Waals surface area contributed by atoms with Crippen LogP contribution in [0.3, 0.4) is 0 Å². The molecule has 1 aliphatic heterocycles. The maximum absolute atomic E-state index is 14.0. The largest absolute Gasteiger partial charge is 0.481 e. The molecule has 24 heteroatoms. The number of hydroxylamine groups is 2. The summed E-state index contributed by atoms with van der Waals surface area (Å²) >= 11 is 0. The highest BCUT2D eigenvalue weighted by atomic mass is 16.7. The first kappa shape index (κ1) is 63.1. The van der Waals surface area contributed by atoms with Gasteiger partial charge in [-0.15, -0.1) is 0 Å². The Bertz CT molecular complexity index is 1770. The summed E-state index contributed by atoms with van der Waals surface area (Å²) in [6.45, 7) is 9.76. The predicted molar refractivity (Wildman–Crippen MR) is 257 cm³/mol. The Balaban J connectivity index is 3.26. The molecule has 1 rings (SSSR count). The van der Waals surface area contributed by atoms with Gasteiger partial charge in [0.1, 0.15) is 54.9 Å². The van der Waals surface area contributed by atoms with E-state index in [4.69, 9.17) is 10.6 Å². The van der Waals surface area contributed by atoms with E-state index in [-0.39, 0.29) is 31.1 Å². The average Bonchev–Trinajstić information content (AvgIpc) is 3.65. The van der Waals surface area contributed by atoms with Crippen LogP contribution >= 0.6 is 0 Å². The summed E-state index contributed by atoms with van der Waals surface area (Å²) in [6, 6.07) is -11.5. The van der Waals surface area contributed by atoms with E-state index < -0.39 is 134 Å². The van der Waals surface area contributed by atoms with Crippen molar-refractivity contribution >= 4 is 65.6 Å². The lowest BCUT2D eigenvalue weighted by atomic mass is 10.0. The molecular formula is C47H81N9O15. The smallest absolute Gasteiger partial charge is 0.305 e. The van der Waals surface area contributed by atoms with Gasteiger partial charge in [-0.3, -0.25) is 57.6 Å². The summed E-state index contributed by atoms with van der Waals surface area (Å²) in [6.07, 6.45) is 9.12. The van der Waals surface area contributed by atoms with Gasteiger partial charge in [-0.25, -0.2) is 5.06 Å². The number of unbranched alkanes of at least 4 members (excludes halogenated alkanes) is 10. The van der Waals surface area contributed by atoms with Gasteiger partial charge in [0.2, 0.25) is 47.8 Å². The average molecular weight is 1010 g/mol. The number of rotatable bonds is 39. The molecule has 0 saturated carbocycles. The number of primary amides is 1. The zero-order valence-corrected chi connectivity index (χ0v) is 42.3. The molecule has 404 valence electrons. The number of carbonyl (C=O) groups is 11. The van der Waals surface area contributed by atoms with Crippen molar-refractivity contribution in [3.8, 4) is 0 Å². The minimum atomic E-state index is -1.82. The fraction of sp³-hybridized carbons (Fsp3) is 0.766. The number of nitrogens with zero attached hydrogens (tertiary/aromatic N) is 1. The highest BCUT2D eigenvalue weighted by molar-refractivity contribution is 5.99. The van der Waals surface area contributed by atoms with Crippen molar-refractivity contribution in [3.05, 3.63) is 0 Å². The molecular weight excluding hydrogens is 931 g/mol. The summed E-state index contributed by atoms with van der Waals surface area (Å²) in [5.41, 5.74) is 5.31. The van der Waals surface area contributed by atoms with Crippen LogP contribution in [-0.4, -0.2) is 148 Å². The summed E-state index contributed by atoms with van der Waals surface area (Å²) in [7, 11) is 0. The first-order chi connectivity index (χ1) is 33.6. The fourth-order valence-corrected chi connectivity index (χ4v) is 7.75. The van der Waals surface area contributed by atoms with Crippen LogP contribution in [-0.2, 0) is 57.6 Å². The molecule has 24 nitrogen and oxygen atoms in total. The summed E-state index contributed by atoms with van der Waals surface area (Å²) < 4.78 is 0. The van der Waals surface area contributed by atoms with E-state index in [1.807, 2.05) is 6.92 Å². The van der Waals surface area contributed by atoms with E-state index in [9.17, 15) is 68.1 Å². The molecule has 1 saturated heterocycles. The van der Waals surface area contributed by atoms with Gasteiger partial charge < -0.3 is 58.3 Å². The number of nitrogens with one attached hydrogen (secondary N) is 7. The number of hydrogen-bond donors (Lipinski definition) is 11. The van der Waals surface area contributed by atoms with E-state index in [0.29, 0.717) is 37.2 Å². The number of amides is 9. The number of nitrogens with two attached hydrogens (primary N) is 1. The van der Waals surface area contributed by atoms with Crippen LogP contribution in [0, 0.1) is 11.8 Å². The standard InChI is InChI=1S/C47H81N9O15/c1-7-9-11-13-15-17-19-30(49-27-58)41(64)54-35(25-57)45(68)52-33(21-28(3)4)43(66)55-36-26-71-56(47(36)70)37(22-29(5)6)46(69)53-34(24-39(61)62)44(67)50-31(20-18-16-14-12-10-8-2)42(65)51-32(40(48)63)23-38(59)60/h27-37,57H,7-26H2,1-6H3,(H2,48,63)(H,49,58)(H,50,67)(H,51,65)(H,52,68)(H,53,69)(H,54,64)(H,55,66)(H,59,60)(H,61,62)/t30-,31-,32-,33-,34-,35-,36-,37-/m0/s1. The molecule has 0 spiro atoms. The van der Waals surface area contributed by atoms with Gasteiger partial charge in [0.15, 0.2) is 0 Å². The van der Waals surface area contributed by atoms with Crippen molar-refractivity contribution in [2.24, 2.45) is 17.6 Å². The van der Waals surface area contributed by atoms with Crippen molar-refractivity contribution in [1.82, 2.24) is 42.3 Å². The SMILES string of the molecule is CCCCCCCC[C@H](NC=O)C(=O)N[C@@H](CO)C(=O)N[C@@H](CC(C)C)C(=O)N[C@H]1CON([C@@H](CC(C)C)C(=O)N[C@@H](CC(=O)O)C(=O)N[C@@H](CCCCCCCC)C(=O)N[C@@H](CC(=O)O)C(N)=O)C1=O. The van der Waals surface area contributed by atoms with E-state index in [1.165, 1.54) is 0 Å². The molecule has 0 aromatic carbocycles. The molecule has 8 atom stereocenters. The van der Waals surface area contributed by atoms with Crippen molar-refractivity contribution < 1.29 is 72.9 Å². The van der Waals surface area contributed by atoms with Crippen molar-refractivity contribution in [2.75, 3.05) is 13.2 Å². The monoisotopic (exact) mass is 1010 g/mol. The van der Waals surface area contributed by atoms with Gasteiger partial charge in [-0.1, -0.05) is 119 Å². The Morgan fingerprint density at radius 3 is 1.55 bits per heavy atom. The molecule has 9 amide bonds. The topological polar surface area (TPSA) is 371 Å². The Hall–Kier alpha value is -5.91. The predicted octanol–water partition coefficient (Wildman–Crippen LogP) is 0.173. The van der Waals surface area contributed by atoms with Crippen molar-refractivity contribution in [3.63, 3.8) is 0 Å². The third-order valence-electron chi connectivity index (χ3n) is 11.6. The molecule has 1 aliphatic rings. The van der Waals surface area contributed by atoms with Gasteiger partial charge in [-0.05, 0) is 37.5 Å². The maximum Gasteiger partial charge on any atom is 0.305 e. The zero-order valence-electron chi connectivity index (χ0n) is 42.3. The number of aliphatic hydroxyl groups excluding tert-OH is 1. The van der Waals surface area contributed by atoms with E-state index in [1.54, 1.807) is 27.7 Å². The van der Waals surface area contributed by atoms with Crippen LogP contribution in [0.4, 0.5) is 0 Å². The second kappa shape index (κ2) is 34.4. The van der Waals surface area contributed by atoms with Crippen LogP contribution in [0.1, 0.15) is 157 Å². The molecule has 0 aliphatic carbocycles. The second-order valence-electron chi connectivity index (χ2n) is 18.8. The van der Waals surface area contributed by atoms with Gasteiger partial charge in [-0.2, -0.15) is 0 Å². The van der Waals surface area contributed by atoms with E-state index in [2.05, 4.69) is 44.1 Å². The van der Waals surface area contributed by atoms with Gasteiger partial charge in [0, 0.05) is 0 Å². The Labute approximate surface area is 416 Å². The number of aliphatic carboxylic acids is 2. The first-order valence-corrected chi connectivity index (χ1v) is 24.9.